The second-order valence-electron chi connectivity index (χ2n) is 4.65. The van der Waals surface area contributed by atoms with Crippen LogP contribution in [0, 0.1) is 0 Å². The van der Waals surface area contributed by atoms with Gasteiger partial charge in [-0.3, -0.25) is 0 Å². The lowest BCUT2D eigenvalue weighted by Gasteiger charge is -2.15. The quantitative estimate of drug-likeness (QED) is 0.703. The normalized spacial score (nSPS) is 11.0. The lowest BCUT2D eigenvalue weighted by atomic mass is 10.2. The maximum absolute atomic E-state index is 6.03. The van der Waals surface area contributed by atoms with E-state index in [9.17, 15) is 0 Å². The van der Waals surface area contributed by atoms with Crippen LogP contribution in [0.4, 0.5) is 0 Å². The van der Waals surface area contributed by atoms with Crippen molar-refractivity contribution in [1.29, 1.82) is 0 Å². The van der Waals surface area contributed by atoms with E-state index in [1.807, 2.05) is 39.0 Å². The molecule has 108 valence electrons. The Morgan fingerprint density at radius 3 is 2.79 bits per heavy atom. The molecular weight excluding hydrogens is 262 g/mol. The summed E-state index contributed by atoms with van der Waals surface area (Å²) in [6.07, 6.45) is 1.17. The van der Waals surface area contributed by atoms with E-state index >= 15 is 0 Å². The Labute approximate surface area is 121 Å². The Balaban J connectivity index is 2.44. The number of hydrogen-bond donors (Lipinski definition) is 1. The van der Waals surface area contributed by atoms with Gasteiger partial charge in [0.2, 0.25) is 0 Å². The molecule has 3 nitrogen and oxygen atoms in total. The molecule has 0 aliphatic rings. The summed E-state index contributed by atoms with van der Waals surface area (Å²) in [5.41, 5.74) is 1.10. The smallest absolute Gasteiger partial charge is 0.124 e. The number of hydrogen-bond acceptors (Lipinski definition) is 3. The maximum atomic E-state index is 6.03. The third-order valence-corrected chi connectivity index (χ3v) is 2.78. The van der Waals surface area contributed by atoms with E-state index in [0.29, 0.717) is 0 Å². The van der Waals surface area contributed by atoms with Crippen LogP contribution in [0.5, 0.6) is 5.75 Å². The average Bonchev–Trinajstić information content (AvgIpc) is 2.36. The van der Waals surface area contributed by atoms with Crippen LogP contribution in [0.25, 0.3) is 0 Å². The molecule has 1 rings (SSSR count). The van der Waals surface area contributed by atoms with Crippen LogP contribution >= 0.6 is 11.6 Å². The van der Waals surface area contributed by atoms with Crippen LogP contribution in [-0.4, -0.2) is 25.9 Å². The number of nitrogens with one attached hydrogen (secondary N) is 1. The molecule has 0 amide bonds. The van der Waals surface area contributed by atoms with Gasteiger partial charge in [-0.1, -0.05) is 11.6 Å². The highest BCUT2D eigenvalue weighted by Gasteiger charge is 2.06. The minimum absolute atomic E-state index is 0.165. The number of rotatable bonds is 9. The highest BCUT2D eigenvalue weighted by molar-refractivity contribution is 6.30. The zero-order chi connectivity index (χ0) is 14.1. The molecule has 0 aliphatic carbocycles. The molecule has 1 N–H and O–H groups in total. The molecule has 0 fully saturated rings. The SMILES string of the molecule is CCOCCCNCc1cc(Cl)ccc1OC(C)C. The molecule has 0 saturated carbocycles. The van der Waals surface area contributed by atoms with E-state index in [1.54, 1.807) is 0 Å². The van der Waals surface area contributed by atoms with Gasteiger partial charge in [0, 0.05) is 30.3 Å². The van der Waals surface area contributed by atoms with Gasteiger partial charge in [0.1, 0.15) is 5.75 Å². The molecular formula is C15H24ClNO2. The summed E-state index contributed by atoms with van der Waals surface area (Å²) >= 11 is 6.03. The van der Waals surface area contributed by atoms with E-state index in [0.717, 1.165) is 49.1 Å². The molecule has 4 heteroatoms. The van der Waals surface area contributed by atoms with Crippen molar-refractivity contribution in [3.05, 3.63) is 28.8 Å². The zero-order valence-electron chi connectivity index (χ0n) is 12.0. The van der Waals surface area contributed by atoms with E-state index in [2.05, 4.69) is 5.32 Å². The van der Waals surface area contributed by atoms with Gasteiger partial charge in [0.25, 0.3) is 0 Å². The van der Waals surface area contributed by atoms with E-state index < -0.39 is 0 Å². The molecule has 1 aromatic rings. The van der Waals surface area contributed by atoms with Crippen molar-refractivity contribution >= 4 is 11.6 Å². The van der Waals surface area contributed by atoms with Crippen molar-refractivity contribution in [3.8, 4) is 5.75 Å². The highest BCUT2D eigenvalue weighted by Crippen LogP contribution is 2.23. The third kappa shape index (κ3) is 6.81. The van der Waals surface area contributed by atoms with Gasteiger partial charge in [-0.2, -0.15) is 0 Å². The Kier molecular flexibility index (Phi) is 7.87. The van der Waals surface area contributed by atoms with Crippen LogP contribution in [-0.2, 0) is 11.3 Å². The van der Waals surface area contributed by atoms with Gasteiger partial charge in [-0.25, -0.2) is 0 Å². The van der Waals surface area contributed by atoms with Crippen molar-refractivity contribution in [2.24, 2.45) is 0 Å². The average molecular weight is 286 g/mol. The standard InChI is InChI=1S/C15H24ClNO2/c1-4-18-9-5-8-17-11-13-10-14(16)6-7-15(13)19-12(2)3/h6-7,10,12,17H,4-5,8-9,11H2,1-3H3. The Morgan fingerprint density at radius 2 is 2.11 bits per heavy atom. The van der Waals surface area contributed by atoms with Crippen LogP contribution in [0.3, 0.4) is 0 Å². The molecule has 0 bridgehead atoms. The molecule has 19 heavy (non-hydrogen) atoms. The molecule has 0 heterocycles. The highest BCUT2D eigenvalue weighted by atomic mass is 35.5. The van der Waals surface area contributed by atoms with Gasteiger partial charge in [-0.15, -0.1) is 0 Å². The molecule has 0 spiro atoms. The fourth-order valence-electron chi connectivity index (χ4n) is 1.72. The molecule has 0 atom stereocenters. The maximum Gasteiger partial charge on any atom is 0.124 e. The van der Waals surface area contributed by atoms with Crippen molar-refractivity contribution in [3.63, 3.8) is 0 Å². The van der Waals surface area contributed by atoms with Gasteiger partial charge in [0.15, 0.2) is 0 Å². The second-order valence-corrected chi connectivity index (χ2v) is 5.08. The first kappa shape index (κ1) is 16.3. The first-order valence-electron chi connectivity index (χ1n) is 6.87. The molecule has 0 saturated heterocycles. The van der Waals surface area contributed by atoms with E-state index in [4.69, 9.17) is 21.1 Å². The summed E-state index contributed by atoms with van der Waals surface area (Å²) in [5.74, 6) is 0.900. The first-order chi connectivity index (χ1) is 9.13. The molecule has 0 unspecified atom stereocenters. The summed E-state index contributed by atoms with van der Waals surface area (Å²) in [6.45, 7) is 9.31. The lowest BCUT2D eigenvalue weighted by molar-refractivity contribution is 0.144. The number of benzene rings is 1. The van der Waals surface area contributed by atoms with Crippen LogP contribution in [0.1, 0.15) is 32.8 Å². The number of halogens is 1. The third-order valence-electron chi connectivity index (χ3n) is 2.55. The predicted molar refractivity (Wildman–Crippen MR) is 80.0 cm³/mol. The summed E-state index contributed by atoms with van der Waals surface area (Å²) in [6, 6.07) is 5.74. The topological polar surface area (TPSA) is 30.5 Å². The lowest BCUT2D eigenvalue weighted by Crippen LogP contribution is -2.17. The van der Waals surface area contributed by atoms with E-state index in [1.165, 1.54) is 0 Å². The van der Waals surface area contributed by atoms with E-state index in [-0.39, 0.29) is 6.10 Å². The molecule has 0 radical (unpaired) electrons. The monoisotopic (exact) mass is 285 g/mol. The first-order valence-corrected chi connectivity index (χ1v) is 7.24. The fourth-order valence-corrected chi connectivity index (χ4v) is 1.92. The zero-order valence-corrected chi connectivity index (χ0v) is 12.8. The van der Waals surface area contributed by atoms with Gasteiger partial charge in [0.05, 0.1) is 6.10 Å². The summed E-state index contributed by atoms with van der Waals surface area (Å²) in [5, 5.41) is 4.12. The largest absolute Gasteiger partial charge is 0.491 e. The molecule has 1 aromatic carbocycles. The Hall–Kier alpha value is -0.770. The van der Waals surface area contributed by atoms with Crippen molar-refractivity contribution in [2.75, 3.05) is 19.8 Å². The number of ether oxygens (including phenoxy) is 2. The van der Waals surface area contributed by atoms with Gasteiger partial charge in [-0.05, 0) is 51.9 Å². The summed E-state index contributed by atoms with van der Waals surface area (Å²) in [7, 11) is 0. The Bertz CT molecular complexity index is 369. The van der Waals surface area contributed by atoms with Crippen molar-refractivity contribution in [2.45, 2.75) is 39.8 Å². The molecule has 0 aliphatic heterocycles. The predicted octanol–water partition coefficient (Wildman–Crippen LogP) is 3.64. The molecule has 0 aromatic heterocycles. The van der Waals surface area contributed by atoms with Crippen molar-refractivity contribution < 1.29 is 9.47 Å². The van der Waals surface area contributed by atoms with Gasteiger partial charge < -0.3 is 14.8 Å². The van der Waals surface area contributed by atoms with Gasteiger partial charge >= 0.3 is 0 Å². The van der Waals surface area contributed by atoms with Crippen molar-refractivity contribution in [1.82, 2.24) is 5.32 Å². The fraction of sp³-hybridized carbons (Fsp3) is 0.600. The Morgan fingerprint density at radius 1 is 1.32 bits per heavy atom. The minimum Gasteiger partial charge on any atom is -0.491 e. The second kappa shape index (κ2) is 9.18. The minimum atomic E-state index is 0.165. The van der Waals surface area contributed by atoms with Crippen LogP contribution in [0.15, 0.2) is 18.2 Å². The summed E-state index contributed by atoms with van der Waals surface area (Å²) < 4.78 is 11.1. The summed E-state index contributed by atoms with van der Waals surface area (Å²) in [4.78, 5) is 0. The van der Waals surface area contributed by atoms with Crippen LogP contribution in [0.2, 0.25) is 5.02 Å². The van der Waals surface area contributed by atoms with Crippen LogP contribution < -0.4 is 10.1 Å².